The van der Waals surface area contributed by atoms with Crippen LogP contribution in [0.2, 0.25) is 0 Å². The molecular formula is C16H10BrF3O2. The third-order valence-electron chi connectivity index (χ3n) is 3.02. The Labute approximate surface area is 133 Å². The molecule has 22 heavy (non-hydrogen) atoms. The summed E-state index contributed by atoms with van der Waals surface area (Å²) >= 11 is 3.32. The van der Waals surface area contributed by atoms with Gasteiger partial charge >= 0.3 is 6.18 Å². The summed E-state index contributed by atoms with van der Waals surface area (Å²) in [5.41, 5.74) is 1.82. The van der Waals surface area contributed by atoms with E-state index in [1.807, 2.05) is 24.3 Å². The van der Waals surface area contributed by atoms with Gasteiger partial charge in [-0.15, -0.1) is 0 Å². The molecule has 0 amide bonds. The van der Waals surface area contributed by atoms with Gasteiger partial charge in [0.15, 0.2) is 5.78 Å². The minimum absolute atomic E-state index is 0.0819. The molecule has 0 unspecified atom stereocenters. The molecule has 0 radical (unpaired) electrons. The van der Waals surface area contributed by atoms with Gasteiger partial charge in [0.05, 0.1) is 6.42 Å². The first kappa shape index (κ1) is 16.4. The van der Waals surface area contributed by atoms with Crippen LogP contribution in [0.5, 0.6) is 0 Å². The fourth-order valence-corrected chi connectivity index (χ4v) is 2.10. The zero-order valence-corrected chi connectivity index (χ0v) is 12.7. The summed E-state index contributed by atoms with van der Waals surface area (Å²) in [7, 11) is 0. The van der Waals surface area contributed by atoms with Gasteiger partial charge in [0.1, 0.15) is 0 Å². The van der Waals surface area contributed by atoms with E-state index in [0.717, 1.165) is 15.6 Å². The third-order valence-corrected chi connectivity index (χ3v) is 3.55. The zero-order valence-electron chi connectivity index (χ0n) is 11.2. The predicted molar refractivity (Wildman–Crippen MR) is 79.6 cm³/mol. The zero-order chi connectivity index (χ0) is 16.3. The molecule has 0 heterocycles. The van der Waals surface area contributed by atoms with Gasteiger partial charge in [-0.1, -0.05) is 52.3 Å². The van der Waals surface area contributed by atoms with Crippen molar-refractivity contribution in [3.8, 4) is 11.1 Å². The van der Waals surface area contributed by atoms with Crippen LogP contribution in [0.3, 0.4) is 0 Å². The van der Waals surface area contributed by atoms with E-state index >= 15 is 0 Å². The molecule has 0 saturated heterocycles. The molecule has 114 valence electrons. The number of rotatable bonds is 4. The van der Waals surface area contributed by atoms with Crippen molar-refractivity contribution in [1.29, 1.82) is 0 Å². The molecule has 0 N–H and O–H groups in total. The molecule has 2 aromatic rings. The lowest BCUT2D eigenvalue weighted by atomic mass is 10.0. The third kappa shape index (κ3) is 4.04. The van der Waals surface area contributed by atoms with Crippen molar-refractivity contribution in [3.05, 3.63) is 58.6 Å². The maximum Gasteiger partial charge on any atom is 0.450 e. The van der Waals surface area contributed by atoms with Crippen molar-refractivity contribution in [2.75, 3.05) is 0 Å². The lowest BCUT2D eigenvalue weighted by Gasteiger charge is -2.06. The standard InChI is InChI=1S/C16H10BrF3O2/c17-13-7-5-11(6-8-13)10-1-3-12(4-2-10)14(21)9-15(22)16(18,19)20/h1-8H,9H2. The summed E-state index contributed by atoms with van der Waals surface area (Å²) in [5.74, 6) is -2.88. The quantitative estimate of drug-likeness (QED) is 0.571. The first-order chi connectivity index (χ1) is 10.3. The van der Waals surface area contributed by atoms with Crippen molar-refractivity contribution in [2.24, 2.45) is 0 Å². The second-order valence-corrected chi connectivity index (χ2v) is 5.52. The highest BCUT2D eigenvalue weighted by molar-refractivity contribution is 9.10. The Kier molecular flexibility index (Phi) is 4.81. The molecule has 0 atom stereocenters. The largest absolute Gasteiger partial charge is 0.450 e. The summed E-state index contributed by atoms with van der Waals surface area (Å²) in [5, 5.41) is 0. The topological polar surface area (TPSA) is 34.1 Å². The van der Waals surface area contributed by atoms with Crippen LogP contribution in [0.15, 0.2) is 53.0 Å². The molecule has 0 aliphatic rings. The van der Waals surface area contributed by atoms with E-state index in [-0.39, 0.29) is 5.56 Å². The smallest absolute Gasteiger partial charge is 0.294 e. The molecule has 0 aromatic heterocycles. The molecular weight excluding hydrogens is 361 g/mol. The highest BCUT2D eigenvalue weighted by Crippen LogP contribution is 2.23. The number of halogens is 4. The highest BCUT2D eigenvalue weighted by Gasteiger charge is 2.39. The molecule has 2 rings (SSSR count). The minimum Gasteiger partial charge on any atom is -0.294 e. The van der Waals surface area contributed by atoms with Crippen LogP contribution in [-0.4, -0.2) is 17.7 Å². The molecule has 0 bridgehead atoms. The Hall–Kier alpha value is -1.95. The number of hydrogen-bond donors (Lipinski definition) is 0. The Morgan fingerprint density at radius 3 is 1.77 bits per heavy atom. The summed E-state index contributed by atoms with van der Waals surface area (Å²) in [6.07, 6.45) is -6.14. The molecule has 0 spiro atoms. The van der Waals surface area contributed by atoms with Crippen LogP contribution in [0, 0.1) is 0 Å². The lowest BCUT2D eigenvalue weighted by molar-refractivity contribution is -0.170. The maximum absolute atomic E-state index is 12.1. The van der Waals surface area contributed by atoms with Crippen molar-refractivity contribution in [1.82, 2.24) is 0 Å². The van der Waals surface area contributed by atoms with Crippen LogP contribution < -0.4 is 0 Å². The van der Waals surface area contributed by atoms with Crippen molar-refractivity contribution in [2.45, 2.75) is 12.6 Å². The molecule has 2 nitrogen and oxygen atoms in total. The lowest BCUT2D eigenvalue weighted by Crippen LogP contribution is -2.25. The summed E-state index contributed by atoms with van der Waals surface area (Å²) in [6.45, 7) is 0. The molecule has 2 aromatic carbocycles. The second-order valence-electron chi connectivity index (χ2n) is 4.61. The van der Waals surface area contributed by atoms with E-state index in [2.05, 4.69) is 15.9 Å². The van der Waals surface area contributed by atoms with Gasteiger partial charge in [0.25, 0.3) is 0 Å². The average Bonchev–Trinajstić information content (AvgIpc) is 2.47. The Morgan fingerprint density at radius 2 is 1.32 bits per heavy atom. The monoisotopic (exact) mass is 370 g/mol. The second kappa shape index (κ2) is 6.44. The first-order valence-corrected chi connectivity index (χ1v) is 7.06. The number of benzene rings is 2. The van der Waals surface area contributed by atoms with Gasteiger partial charge in [0.2, 0.25) is 5.78 Å². The SMILES string of the molecule is O=C(CC(=O)C(F)(F)F)c1ccc(-c2ccc(Br)cc2)cc1. The number of carbonyl (C=O) groups excluding carboxylic acids is 2. The van der Waals surface area contributed by atoms with Crippen molar-refractivity contribution < 1.29 is 22.8 Å². The molecule has 6 heteroatoms. The normalized spacial score (nSPS) is 11.3. The van der Waals surface area contributed by atoms with Crippen LogP contribution in [0.1, 0.15) is 16.8 Å². The molecule has 0 aliphatic heterocycles. The highest BCUT2D eigenvalue weighted by atomic mass is 79.9. The van der Waals surface area contributed by atoms with Gasteiger partial charge in [-0.2, -0.15) is 13.2 Å². The number of hydrogen-bond acceptors (Lipinski definition) is 2. The van der Waals surface area contributed by atoms with Crippen molar-refractivity contribution in [3.63, 3.8) is 0 Å². The number of alkyl halides is 3. The van der Waals surface area contributed by atoms with E-state index in [1.165, 1.54) is 12.1 Å². The van der Waals surface area contributed by atoms with E-state index in [1.54, 1.807) is 12.1 Å². The van der Waals surface area contributed by atoms with Gasteiger partial charge in [0, 0.05) is 10.0 Å². The van der Waals surface area contributed by atoms with Gasteiger partial charge in [-0.05, 0) is 23.3 Å². The van der Waals surface area contributed by atoms with Gasteiger partial charge in [-0.25, -0.2) is 0 Å². The molecule has 0 fully saturated rings. The Bertz CT molecular complexity index is 689. The van der Waals surface area contributed by atoms with Crippen molar-refractivity contribution >= 4 is 27.5 Å². The fourth-order valence-electron chi connectivity index (χ4n) is 1.84. The first-order valence-electron chi connectivity index (χ1n) is 6.26. The predicted octanol–water partition coefficient (Wildman–Crippen LogP) is 4.82. The van der Waals surface area contributed by atoms with E-state index < -0.39 is 24.2 Å². The van der Waals surface area contributed by atoms with Crippen LogP contribution in [-0.2, 0) is 4.79 Å². The Balaban J connectivity index is 2.13. The number of carbonyl (C=O) groups is 2. The van der Waals surface area contributed by atoms with E-state index in [0.29, 0.717) is 0 Å². The number of ketones is 2. The van der Waals surface area contributed by atoms with Crippen LogP contribution in [0.4, 0.5) is 13.2 Å². The van der Waals surface area contributed by atoms with Gasteiger partial charge < -0.3 is 0 Å². The van der Waals surface area contributed by atoms with Gasteiger partial charge in [-0.3, -0.25) is 9.59 Å². The molecule has 0 aliphatic carbocycles. The van der Waals surface area contributed by atoms with E-state index in [9.17, 15) is 22.8 Å². The number of Topliss-reactive ketones (excluding diaryl/α,β-unsaturated/α-hetero) is 2. The minimum atomic E-state index is -4.98. The Morgan fingerprint density at radius 1 is 0.864 bits per heavy atom. The summed E-state index contributed by atoms with van der Waals surface area (Å²) < 4.78 is 37.3. The summed E-state index contributed by atoms with van der Waals surface area (Å²) in [4.78, 5) is 22.5. The molecule has 0 saturated carbocycles. The maximum atomic E-state index is 12.1. The van der Waals surface area contributed by atoms with Crippen LogP contribution in [0.25, 0.3) is 11.1 Å². The summed E-state index contributed by atoms with van der Waals surface area (Å²) in [6, 6.07) is 13.6. The van der Waals surface area contributed by atoms with E-state index in [4.69, 9.17) is 0 Å². The average molecular weight is 371 g/mol. The fraction of sp³-hybridized carbons (Fsp3) is 0.125. The van der Waals surface area contributed by atoms with Crippen LogP contribution >= 0.6 is 15.9 Å².